The van der Waals surface area contributed by atoms with E-state index in [0.29, 0.717) is 6.42 Å². The summed E-state index contributed by atoms with van der Waals surface area (Å²) in [5.41, 5.74) is -0.623. The Balaban J connectivity index is 4.15. The molecule has 1 unspecified atom stereocenters. The molecule has 0 aromatic heterocycles. The zero-order valence-electron chi connectivity index (χ0n) is 11.0. The highest BCUT2D eigenvalue weighted by Crippen LogP contribution is 2.22. The van der Waals surface area contributed by atoms with Crippen molar-refractivity contribution >= 4 is 5.97 Å². The van der Waals surface area contributed by atoms with E-state index in [1.54, 1.807) is 0 Å². The van der Waals surface area contributed by atoms with Gasteiger partial charge in [-0.15, -0.1) is 0 Å². The third kappa shape index (κ3) is 8.43. The van der Waals surface area contributed by atoms with Gasteiger partial charge in [0.1, 0.15) is 5.60 Å². The molecule has 0 aliphatic rings. The van der Waals surface area contributed by atoms with Gasteiger partial charge in [0.05, 0.1) is 11.7 Å². The number of esters is 1. The Hall–Kier alpha value is -0.570. The van der Waals surface area contributed by atoms with Gasteiger partial charge in [-0.1, -0.05) is 0 Å². The summed E-state index contributed by atoms with van der Waals surface area (Å²) in [4.78, 5) is 10.9. The predicted octanol–water partition coefficient (Wildman–Crippen LogP) is 2.92. The van der Waals surface area contributed by atoms with Gasteiger partial charge < -0.3 is 9.47 Å². The van der Waals surface area contributed by atoms with Crippen molar-refractivity contribution in [1.82, 2.24) is 0 Å². The molecule has 0 bridgehead atoms. The van der Waals surface area contributed by atoms with Crippen molar-refractivity contribution in [2.75, 3.05) is 0 Å². The SMILES string of the molecule is CC(=O)OC(C)(C)CC(C)OC(C)(C)C. The standard InChI is InChI=1S/C12H24O3/c1-9(14-11(3,4)5)8-12(6,7)15-10(2)13/h9H,8H2,1-7H3. The van der Waals surface area contributed by atoms with Crippen molar-refractivity contribution in [3.8, 4) is 0 Å². The van der Waals surface area contributed by atoms with Gasteiger partial charge in [-0.2, -0.15) is 0 Å². The molecule has 0 aromatic rings. The van der Waals surface area contributed by atoms with E-state index in [2.05, 4.69) is 0 Å². The van der Waals surface area contributed by atoms with E-state index in [-0.39, 0.29) is 17.7 Å². The van der Waals surface area contributed by atoms with Crippen LogP contribution in [0, 0.1) is 0 Å². The maximum absolute atomic E-state index is 10.9. The second-order valence-corrected chi connectivity index (χ2v) is 5.60. The third-order valence-electron chi connectivity index (χ3n) is 1.75. The maximum Gasteiger partial charge on any atom is 0.303 e. The molecule has 0 aliphatic carbocycles. The van der Waals surface area contributed by atoms with Gasteiger partial charge >= 0.3 is 5.97 Å². The molecule has 0 radical (unpaired) electrons. The molecule has 0 fully saturated rings. The molecule has 0 amide bonds. The van der Waals surface area contributed by atoms with E-state index in [1.807, 2.05) is 41.5 Å². The quantitative estimate of drug-likeness (QED) is 0.678. The molecule has 3 nitrogen and oxygen atoms in total. The fourth-order valence-corrected chi connectivity index (χ4v) is 1.77. The molecule has 3 heteroatoms. The third-order valence-corrected chi connectivity index (χ3v) is 1.75. The number of hydrogen-bond acceptors (Lipinski definition) is 3. The van der Waals surface area contributed by atoms with E-state index in [0.717, 1.165) is 0 Å². The largest absolute Gasteiger partial charge is 0.460 e. The lowest BCUT2D eigenvalue weighted by Crippen LogP contribution is -2.35. The average molecular weight is 216 g/mol. The molecule has 0 heterocycles. The van der Waals surface area contributed by atoms with E-state index < -0.39 is 5.60 Å². The van der Waals surface area contributed by atoms with Crippen molar-refractivity contribution in [2.24, 2.45) is 0 Å². The minimum Gasteiger partial charge on any atom is -0.460 e. The first kappa shape index (κ1) is 14.4. The van der Waals surface area contributed by atoms with E-state index >= 15 is 0 Å². The zero-order chi connectivity index (χ0) is 12.3. The van der Waals surface area contributed by atoms with Crippen LogP contribution in [0.4, 0.5) is 0 Å². The van der Waals surface area contributed by atoms with E-state index in [1.165, 1.54) is 6.92 Å². The molecule has 90 valence electrons. The van der Waals surface area contributed by atoms with Crippen LogP contribution in [0.3, 0.4) is 0 Å². The molecular formula is C12H24O3. The summed E-state index contributed by atoms with van der Waals surface area (Å²) in [7, 11) is 0. The number of rotatable bonds is 4. The highest BCUT2D eigenvalue weighted by Gasteiger charge is 2.26. The van der Waals surface area contributed by atoms with Crippen LogP contribution >= 0.6 is 0 Å². The van der Waals surface area contributed by atoms with Crippen LogP contribution in [0.15, 0.2) is 0 Å². The molecule has 0 N–H and O–H groups in total. The van der Waals surface area contributed by atoms with Gasteiger partial charge in [0.25, 0.3) is 0 Å². The Bertz CT molecular complexity index is 213. The van der Waals surface area contributed by atoms with Crippen LogP contribution in [0.2, 0.25) is 0 Å². The summed E-state index contributed by atoms with van der Waals surface area (Å²) in [6.45, 7) is 13.3. The number of ether oxygens (including phenoxy) is 2. The zero-order valence-corrected chi connectivity index (χ0v) is 11.0. The summed E-state index contributed by atoms with van der Waals surface area (Å²) >= 11 is 0. The average Bonchev–Trinajstić information content (AvgIpc) is 1.73. The monoisotopic (exact) mass is 216 g/mol. The van der Waals surface area contributed by atoms with Crippen molar-refractivity contribution in [3.05, 3.63) is 0 Å². The van der Waals surface area contributed by atoms with Crippen LogP contribution in [0.25, 0.3) is 0 Å². The molecule has 0 aromatic carbocycles. The molecule has 0 saturated heterocycles. The molecule has 15 heavy (non-hydrogen) atoms. The summed E-state index contributed by atoms with van der Waals surface area (Å²) in [5, 5.41) is 0. The number of carbonyl (C=O) groups excluding carboxylic acids is 1. The van der Waals surface area contributed by atoms with Gasteiger partial charge in [-0.3, -0.25) is 4.79 Å². The minimum absolute atomic E-state index is 0.0688. The molecule has 0 aliphatic heterocycles. The number of carbonyl (C=O) groups is 1. The summed E-state index contributed by atoms with van der Waals surface area (Å²) in [6.07, 6.45) is 0.767. The van der Waals surface area contributed by atoms with Crippen molar-refractivity contribution < 1.29 is 14.3 Å². The van der Waals surface area contributed by atoms with Crippen LogP contribution < -0.4 is 0 Å². The molecule has 0 rings (SSSR count). The first-order valence-corrected chi connectivity index (χ1v) is 5.39. The van der Waals surface area contributed by atoms with Crippen molar-refractivity contribution in [1.29, 1.82) is 0 Å². The second-order valence-electron chi connectivity index (χ2n) is 5.60. The lowest BCUT2D eigenvalue weighted by Gasteiger charge is -2.31. The van der Waals surface area contributed by atoms with Gasteiger partial charge in [0.15, 0.2) is 0 Å². The molecule has 0 spiro atoms. The Morgan fingerprint density at radius 2 is 1.67 bits per heavy atom. The first-order valence-electron chi connectivity index (χ1n) is 5.39. The summed E-state index contributed by atoms with van der Waals surface area (Å²) in [5.74, 6) is -0.247. The van der Waals surface area contributed by atoms with Crippen LogP contribution in [0.1, 0.15) is 54.9 Å². The van der Waals surface area contributed by atoms with Crippen LogP contribution in [-0.2, 0) is 14.3 Å². The van der Waals surface area contributed by atoms with Crippen molar-refractivity contribution in [2.45, 2.75) is 72.2 Å². The highest BCUT2D eigenvalue weighted by atomic mass is 16.6. The summed E-state index contributed by atoms with van der Waals surface area (Å²) < 4.78 is 11.0. The second kappa shape index (κ2) is 4.97. The lowest BCUT2D eigenvalue weighted by atomic mass is 10.0. The molecular weight excluding hydrogens is 192 g/mol. The maximum atomic E-state index is 10.9. The fraction of sp³-hybridized carbons (Fsp3) is 0.917. The predicted molar refractivity (Wildman–Crippen MR) is 60.8 cm³/mol. The smallest absolute Gasteiger partial charge is 0.303 e. The van der Waals surface area contributed by atoms with Crippen LogP contribution in [-0.4, -0.2) is 23.3 Å². The van der Waals surface area contributed by atoms with Crippen molar-refractivity contribution in [3.63, 3.8) is 0 Å². The fourth-order valence-electron chi connectivity index (χ4n) is 1.77. The topological polar surface area (TPSA) is 35.5 Å². The Morgan fingerprint density at radius 3 is 2.00 bits per heavy atom. The lowest BCUT2D eigenvalue weighted by molar-refractivity contribution is -0.159. The van der Waals surface area contributed by atoms with Gasteiger partial charge in [0.2, 0.25) is 0 Å². The Morgan fingerprint density at radius 1 is 1.20 bits per heavy atom. The van der Waals surface area contributed by atoms with Gasteiger partial charge in [-0.25, -0.2) is 0 Å². The first-order chi connectivity index (χ1) is 6.52. The normalized spacial score (nSPS) is 14.9. The number of hydrogen-bond donors (Lipinski definition) is 0. The summed E-state index contributed by atoms with van der Waals surface area (Å²) in [6, 6.07) is 0. The Kier molecular flexibility index (Phi) is 4.78. The van der Waals surface area contributed by atoms with Gasteiger partial charge in [-0.05, 0) is 41.5 Å². The Labute approximate surface area is 93.1 Å². The van der Waals surface area contributed by atoms with E-state index in [9.17, 15) is 4.79 Å². The van der Waals surface area contributed by atoms with Gasteiger partial charge in [0, 0.05) is 13.3 Å². The highest BCUT2D eigenvalue weighted by molar-refractivity contribution is 5.66. The minimum atomic E-state index is -0.462. The van der Waals surface area contributed by atoms with Crippen LogP contribution in [0.5, 0.6) is 0 Å². The van der Waals surface area contributed by atoms with E-state index in [4.69, 9.17) is 9.47 Å². The molecule has 1 atom stereocenters. The molecule has 0 saturated carbocycles.